The van der Waals surface area contributed by atoms with E-state index in [1.807, 2.05) is 0 Å². The number of alkyl halides is 3. The average molecular weight is 289 g/mol. The summed E-state index contributed by atoms with van der Waals surface area (Å²) in [5, 5.41) is 15.9. The molecular formula is C12H14F3N3O2. The van der Waals surface area contributed by atoms with Gasteiger partial charge in [-0.3, -0.25) is 4.79 Å². The molecule has 2 heterocycles. The van der Waals surface area contributed by atoms with Crippen molar-refractivity contribution in [3.05, 3.63) is 17.8 Å². The highest BCUT2D eigenvalue weighted by atomic mass is 19.4. The number of piperidine rings is 1. The number of carboxylic acid groups (broad SMARTS) is 1. The Labute approximate surface area is 113 Å². The van der Waals surface area contributed by atoms with E-state index < -0.39 is 23.3 Å². The van der Waals surface area contributed by atoms with Crippen molar-refractivity contribution in [2.75, 3.05) is 18.0 Å². The number of hydrogen-bond acceptors (Lipinski definition) is 4. The molecule has 0 aliphatic carbocycles. The molecule has 2 rings (SSSR count). The third kappa shape index (κ3) is 2.83. The monoisotopic (exact) mass is 289 g/mol. The van der Waals surface area contributed by atoms with Gasteiger partial charge in [0, 0.05) is 13.1 Å². The van der Waals surface area contributed by atoms with Gasteiger partial charge in [0.05, 0.1) is 5.41 Å². The number of aliphatic carboxylic acids is 1. The lowest BCUT2D eigenvalue weighted by molar-refractivity contribution is -0.148. The van der Waals surface area contributed by atoms with Gasteiger partial charge in [-0.2, -0.15) is 13.2 Å². The lowest BCUT2D eigenvalue weighted by atomic mass is 9.82. The van der Waals surface area contributed by atoms with E-state index in [9.17, 15) is 23.1 Å². The summed E-state index contributed by atoms with van der Waals surface area (Å²) in [4.78, 5) is 12.9. The van der Waals surface area contributed by atoms with Crippen molar-refractivity contribution in [2.45, 2.75) is 25.9 Å². The number of halogens is 3. The molecule has 0 radical (unpaired) electrons. The van der Waals surface area contributed by atoms with Gasteiger partial charge in [-0.25, -0.2) is 0 Å². The molecule has 1 fully saturated rings. The lowest BCUT2D eigenvalue weighted by Crippen LogP contribution is -2.46. The summed E-state index contributed by atoms with van der Waals surface area (Å²) >= 11 is 0. The summed E-state index contributed by atoms with van der Waals surface area (Å²) in [6.07, 6.45) is -3.35. The molecule has 1 saturated heterocycles. The SMILES string of the molecule is CC1(C(=O)O)CCCN(c2ccc(C(F)(F)F)nn2)C1. The minimum atomic E-state index is -4.52. The van der Waals surface area contributed by atoms with Crippen LogP contribution in [0.4, 0.5) is 19.0 Å². The summed E-state index contributed by atoms with van der Waals surface area (Å²) in [5.41, 5.74) is -1.97. The van der Waals surface area contributed by atoms with E-state index >= 15 is 0 Å². The molecular weight excluding hydrogens is 275 g/mol. The summed E-state index contributed by atoms with van der Waals surface area (Å²) < 4.78 is 37.2. The number of nitrogens with zero attached hydrogens (tertiary/aromatic N) is 3. The van der Waals surface area contributed by atoms with Crippen LogP contribution in [-0.2, 0) is 11.0 Å². The Morgan fingerprint density at radius 1 is 1.40 bits per heavy atom. The largest absolute Gasteiger partial charge is 0.481 e. The van der Waals surface area contributed by atoms with Crippen molar-refractivity contribution >= 4 is 11.8 Å². The third-order valence-electron chi connectivity index (χ3n) is 3.48. The van der Waals surface area contributed by atoms with Gasteiger partial charge in [-0.1, -0.05) is 0 Å². The third-order valence-corrected chi connectivity index (χ3v) is 3.48. The summed E-state index contributed by atoms with van der Waals surface area (Å²) in [6.45, 7) is 2.39. The van der Waals surface area contributed by atoms with Crippen molar-refractivity contribution in [1.29, 1.82) is 0 Å². The van der Waals surface area contributed by atoms with Gasteiger partial charge in [0.15, 0.2) is 11.5 Å². The van der Waals surface area contributed by atoms with Crippen LogP contribution in [-0.4, -0.2) is 34.4 Å². The molecule has 0 aromatic carbocycles. The van der Waals surface area contributed by atoms with Gasteiger partial charge in [0.1, 0.15) is 0 Å². The highest BCUT2D eigenvalue weighted by Gasteiger charge is 2.39. The summed E-state index contributed by atoms with van der Waals surface area (Å²) in [5.74, 6) is -0.646. The van der Waals surface area contributed by atoms with Gasteiger partial charge in [-0.05, 0) is 31.9 Å². The Morgan fingerprint density at radius 2 is 2.10 bits per heavy atom. The normalized spacial score (nSPS) is 23.7. The van der Waals surface area contributed by atoms with Gasteiger partial charge in [0.2, 0.25) is 0 Å². The van der Waals surface area contributed by atoms with Crippen LogP contribution in [0.25, 0.3) is 0 Å². The molecule has 0 saturated carbocycles. The van der Waals surface area contributed by atoms with E-state index in [0.717, 1.165) is 6.07 Å². The predicted molar refractivity (Wildman–Crippen MR) is 64.2 cm³/mol. The molecule has 0 bridgehead atoms. The first-order valence-corrected chi connectivity index (χ1v) is 6.12. The quantitative estimate of drug-likeness (QED) is 0.904. The van der Waals surface area contributed by atoms with Crippen molar-refractivity contribution < 1.29 is 23.1 Å². The van der Waals surface area contributed by atoms with Crippen LogP contribution in [0.1, 0.15) is 25.5 Å². The zero-order chi connectivity index (χ0) is 15.0. The Bertz CT molecular complexity index is 504. The molecule has 1 aliphatic rings. The topological polar surface area (TPSA) is 66.3 Å². The van der Waals surface area contributed by atoms with Crippen molar-refractivity contribution in [1.82, 2.24) is 10.2 Å². The van der Waals surface area contributed by atoms with Gasteiger partial charge < -0.3 is 10.0 Å². The molecule has 0 amide bonds. The summed E-state index contributed by atoms with van der Waals surface area (Å²) in [6, 6.07) is 2.08. The second kappa shape index (κ2) is 4.92. The maximum Gasteiger partial charge on any atom is 0.435 e. The maximum absolute atomic E-state index is 12.4. The number of carboxylic acids is 1. The average Bonchev–Trinajstić information content (AvgIpc) is 2.38. The van der Waals surface area contributed by atoms with Crippen LogP contribution in [0.5, 0.6) is 0 Å². The van der Waals surface area contributed by atoms with Crippen molar-refractivity contribution in [3.63, 3.8) is 0 Å². The molecule has 20 heavy (non-hydrogen) atoms. The fourth-order valence-corrected chi connectivity index (χ4v) is 2.25. The lowest BCUT2D eigenvalue weighted by Gasteiger charge is -2.37. The van der Waals surface area contributed by atoms with Crippen LogP contribution in [0.15, 0.2) is 12.1 Å². The zero-order valence-electron chi connectivity index (χ0n) is 10.8. The second-order valence-corrected chi connectivity index (χ2v) is 5.17. The number of anilines is 1. The minimum absolute atomic E-state index is 0.211. The van der Waals surface area contributed by atoms with E-state index in [0.29, 0.717) is 19.4 Å². The van der Waals surface area contributed by atoms with Crippen LogP contribution in [0, 0.1) is 5.41 Å². The van der Waals surface area contributed by atoms with E-state index in [4.69, 9.17) is 0 Å². The smallest absolute Gasteiger partial charge is 0.435 e. The second-order valence-electron chi connectivity index (χ2n) is 5.17. The van der Waals surface area contributed by atoms with Crippen LogP contribution >= 0.6 is 0 Å². The van der Waals surface area contributed by atoms with Crippen LogP contribution in [0.2, 0.25) is 0 Å². The number of hydrogen-bond donors (Lipinski definition) is 1. The number of aromatic nitrogens is 2. The molecule has 5 nitrogen and oxygen atoms in total. The predicted octanol–water partition coefficient (Wildman–Crippen LogP) is 2.19. The van der Waals surface area contributed by atoms with Gasteiger partial charge in [0.25, 0.3) is 0 Å². The first-order chi connectivity index (χ1) is 9.22. The Hall–Kier alpha value is -1.86. The Kier molecular flexibility index (Phi) is 3.58. The molecule has 1 aromatic rings. The molecule has 1 aliphatic heterocycles. The van der Waals surface area contributed by atoms with Gasteiger partial charge >= 0.3 is 12.1 Å². The number of rotatable bonds is 2. The van der Waals surface area contributed by atoms with E-state index in [1.165, 1.54) is 6.07 Å². The van der Waals surface area contributed by atoms with Gasteiger partial charge in [-0.15, -0.1) is 10.2 Å². The van der Waals surface area contributed by atoms with Crippen LogP contribution < -0.4 is 4.90 Å². The Morgan fingerprint density at radius 3 is 2.60 bits per heavy atom. The highest BCUT2D eigenvalue weighted by molar-refractivity contribution is 5.75. The molecule has 0 spiro atoms. The molecule has 1 N–H and O–H groups in total. The maximum atomic E-state index is 12.4. The molecule has 1 aromatic heterocycles. The standard InChI is InChI=1S/C12H14F3N3O2/c1-11(10(19)20)5-2-6-18(7-11)9-4-3-8(16-17-9)12(13,14)15/h3-4H,2,5-7H2,1H3,(H,19,20). The van der Waals surface area contributed by atoms with Crippen LogP contribution in [0.3, 0.4) is 0 Å². The highest BCUT2D eigenvalue weighted by Crippen LogP contribution is 2.32. The fraction of sp³-hybridized carbons (Fsp3) is 0.583. The minimum Gasteiger partial charge on any atom is -0.481 e. The molecule has 8 heteroatoms. The first kappa shape index (κ1) is 14.5. The zero-order valence-corrected chi connectivity index (χ0v) is 10.8. The van der Waals surface area contributed by atoms with E-state index in [-0.39, 0.29) is 12.4 Å². The van der Waals surface area contributed by atoms with E-state index in [1.54, 1.807) is 11.8 Å². The summed E-state index contributed by atoms with van der Waals surface area (Å²) in [7, 11) is 0. The van der Waals surface area contributed by atoms with Crippen molar-refractivity contribution in [2.24, 2.45) is 5.41 Å². The Balaban J connectivity index is 2.18. The number of carbonyl (C=O) groups is 1. The van der Waals surface area contributed by atoms with Crippen molar-refractivity contribution in [3.8, 4) is 0 Å². The molecule has 1 atom stereocenters. The first-order valence-electron chi connectivity index (χ1n) is 6.12. The van der Waals surface area contributed by atoms with E-state index in [2.05, 4.69) is 10.2 Å². The molecule has 1 unspecified atom stereocenters. The molecule has 110 valence electrons. The fourth-order valence-electron chi connectivity index (χ4n) is 2.25.